The van der Waals surface area contributed by atoms with E-state index < -0.39 is 16.6 Å². The predicted octanol–water partition coefficient (Wildman–Crippen LogP) is 3.47. The van der Waals surface area contributed by atoms with Crippen LogP contribution in [-0.4, -0.2) is 59.8 Å². The van der Waals surface area contributed by atoms with E-state index in [2.05, 4.69) is 12.2 Å². The number of carbonyl (C=O) groups excluding carboxylic acids is 2. The minimum absolute atomic E-state index is 0.0504. The highest BCUT2D eigenvalue weighted by Gasteiger charge is 2.70. The van der Waals surface area contributed by atoms with Crippen molar-refractivity contribution in [3.63, 3.8) is 0 Å². The number of piperazine rings is 1. The number of hydrogen-bond donors (Lipinski definition) is 2. The maximum Gasteiger partial charge on any atom is 0.410 e. The largest absolute Gasteiger partial charge is 0.446 e. The van der Waals surface area contributed by atoms with Crippen molar-refractivity contribution in [2.45, 2.75) is 82.8 Å². The molecule has 0 spiro atoms. The highest BCUT2D eigenvalue weighted by Crippen LogP contribution is 2.69. The maximum atomic E-state index is 14.0. The summed E-state index contributed by atoms with van der Waals surface area (Å²) >= 11 is 0. The first-order valence-corrected chi connectivity index (χ1v) is 14.2. The third-order valence-corrected chi connectivity index (χ3v) is 11.4. The highest BCUT2D eigenvalue weighted by atomic mass is 16.6. The summed E-state index contributed by atoms with van der Waals surface area (Å²) < 4.78 is 11.1. The molecule has 8 heteroatoms. The van der Waals surface area contributed by atoms with Gasteiger partial charge in [0.25, 0.3) is 0 Å². The van der Waals surface area contributed by atoms with E-state index in [-0.39, 0.29) is 41.1 Å². The second kappa shape index (κ2) is 8.94. The first-order chi connectivity index (χ1) is 17.7. The van der Waals surface area contributed by atoms with Gasteiger partial charge in [-0.2, -0.15) is 0 Å². The fraction of sp³-hybridized carbons (Fsp3) is 0.759. The zero-order valence-corrected chi connectivity index (χ0v) is 22.0. The molecule has 4 saturated carbocycles. The maximum absolute atomic E-state index is 14.0. The third-order valence-electron chi connectivity index (χ3n) is 11.4. The van der Waals surface area contributed by atoms with Crippen molar-refractivity contribution in [1.82, 2.24) is 10.2 Å². The first kappa shape index (κ1) is 25.1. The van der Waals surface area contributed by atoms with Gasteiger partial charge in [0.1, 0.15) is 11.9 Å². The summed E-state index contributed by atoms with van der Waals surface area (Å²) in [7, 11) is 0. The van der Waals surface area contributed by atoms with Crippen LogP contribution in [0.15, 0.2) is 27.6 Å². The molecule has 1 aromatic heterocycles. The van der Waals surface area contributed by atoms with E-state index in [1.165, 1.54) is 12.3 Å². The average molecular weight is 513 g/mol. The summed E-state index contributed by atoms with van der Waals surface area (Å²) in [5.41, 5.74) is -1.57. The monoisotopic (exact) mass is 512 g/mol. The van der Waals surface area contributed by atoms with Crippen molar-refractivity contribution in [3.8, 4) is 0 Å². The molecule has 2 N–H and O–H groups in total. The lowest BCUT2D eigenvalue weighted by Crippen LogP contribution is -2.65. The van der Waals surface area contributed by atoms with Crippen molar-refractivity contribution in [1.29, 1.82) is 0 Å². The van der Waals surface area contributed by atoms with Gasteiger partial charge >= 0.3 is 11.7 Å². The molecule has 2 heterocycles. The Morgan fingerprint density at radius 2 is 1.86 bits per heavy atom. The molecule has 1 amide bonds. The Kier molecular flexibility index (Phi) is 6.07. The van der Waals surface area contributed by atoms with Crippen LogP contribution >= 0.6 is 0 Å². The second-order valence-corrected chi connectivity index (χ2v) is 12.7. The van der Waals surface area contributed by atoms with Crippen LogP contribution in [0, 0.1) is 28.6 Å². The molecule has 8 atom stereocenters. The number of ketones is 1. The molecule has 4 aliphatic carbocycles. The second-order valence-electron chi connectivity index (χ2n) is 12.7. The Labute approximate surface area is 218 Å². The van der Waals surface area contributed by atoms with Gasteiger partial charge in [-0.05, 0) is 86.7 Å². The van der Waals surface area contributed by atoms with Crippen LogP contribution in [0.2, 0.25) is 0 Å². The molecule has 8 nitrogen and oxygen atoms in total. The Hall–Kier alpha value is -2.19. The smallest absolute Gasteiger partial charge is 0.410 e. The van der Waals surface area contributed by atoms with Crippen LogP contribution in [-0.2, 0) is 9.53 Å². The molecule has 0 radical (unpaired) electrons. The summed E-state index contributed by atoms with van der Waals surface area (Å²) in [6.45, 7) is 7.26. The van der Waals surface area contributed by atoms with Crippen molar-refractivity contribution in [3.05, 3.63) is 34.4 Å². The summed E-state index contributed by atoms with van der Waals surface area (Å²) in [5.74, 6) is 0.566. The summed E-state index contributed by atoms with van der Waals surface area (Å²) in [6, 6.07) is 3.17. The van der Waals surface area contributed by atoms with E-state index in [0.717, 1.165) is 50.8 Å². The molecule has 5 fully saturated rings. The number of amides is 1. The molecular formula is C29H40N2O6. The number of carbonyl (C=O) groups is 2. The minimum Gasteiger partial charge on any atom is -0.446 e. The lowest BCUT2D eigenvalue weighted by atomic mass is 9.43. The molecule has 0 aromatic carbocycles. The average Bonchev–Trinajstić information content (AvgIpc) is 3.18. The molecule has 0 unspecified atom stereocenters. The number of nitrogens with one attached hydrogen (secondary N) is 1. The molecule has 37 heavy (non-hydrogen) atoms. The van der Waals surface area contributed by atoms with Crippen molar-refractivity contribution >= 4 is 11.9 Å². The van der Waals surface area contributed by atoms with E-state index in [1.54, 1.807) is 11.0 Å². The number of fused-ring (bicyclic) bond motifs is 5. The number of aliphatic hydroxyl groups is 1. The van der Waals surface area contributed by atoms with Gasteiger partial charge < -0.3 is 24.5 Å². The van der Waals surface area contributed by atoms with Crippen LogP contribution in [0.1, 0.15) is 76.7 Å². The van der Waals surface area contributed by atoms with Gasteiger partial charge in [0.05, 0.1) is 17.3 Å². The Bertz CT molecular complexity index is 1110. The molecule has 1 saturated heterocycles. The van der Waals surface area contributed by atoms with Crippen LogP contribution in [0.25, 0.3) is 0 Å². The van der Waals surface area contributed by atoms with Gasteiger partial charge in [-0.1, -0.05) is 6.92 Å². The zero-order chi connectivity index (χ0) is 26.0. The SMILES string of the molecule is C[C@]12CC[C@H](OC(=O)N3CCNCC3)C[C@H]1CC[C@@H]1[C@@H]2CC(=O)[C@]2(C)[C@@H](c3ccc(=O)oc3)CC[C@]12O. The molecule has 1 aromatic rings. The van der Waals surface area contributed by atoms with Gasteiger partial charge in [0.15, 0.2) is 0 Å². The van der Waals surface area contributed by atoms with E-state index in [9.17, 15) is 19.5 Å². The van der Waals surface area contributed by atoms with Crippen LogP contribution in [0.3, 0.4) is 0 Å². The highest BCUT2D eigenvalue weighted by molar-refractivity contribution is 5.89. The Balaban J connectivity index is 1.21. The van der Waals surface area contributed by atoms with Gasteiger partial charge in [-0.3, -0.25) is 4.79 Å². The van der Waals surface area contributed by atoms with Gasteiger partial charge in [0, 0.05) is 44.6 Å². The van der Waals surface area contributed by atoms with Crippen molar-refractivity contribution < 1.29 is 23.8 Å². The lowest BCUT2D eigenvalue weighted by molar-refractivity contribution is -0.203. The first-order valence-electron chi connectivity index (χ1n) is 14.2. The fourth-order valence-electron chi connectivity index (χ4n) is 9.18. The van der Waals surface area contributed by atoms with Gasteiger partial charge in [0.2, 0.25) is 0 Å². The van der Waals surface area contributed by atoms with Crippen molar-refractivity contribution in [2.24, 2.45) is 28.6 Å². The molecular weight excluding hydrogens is 472 g/mol. The van der Waals surface area contributed by atoms with Crippen molar-refractivity contribution in [2.75, 3.05) is 26.2 Å². The van der Waals surface area contributed by atoms with Gasteiger partial charge in [-0.15, -0.1) is 0 Å². The number of ether oxygens (including phenoxy) is 1. The summed E-state index contributed by atoms with van der Waals surface area (Å²) in [4.78, 5) is 40.0. The van der Waals surface area contributed by atoms with Gasteiger partial charge in [-0.25, -0.2) is 9.59 Å². The topological polar surface area (TPSA) is 109 Å². The van der Waals surface area contributed by atoms with Crippen LogP contribution in [0.4, 0.5) is 4.79 Å². The van der Waals surface area contributed by atoms with E-state index in [4.69, 9.17) is 9.15 Å². The van der Waals surface area contributed by atoms with Crippen LogP contribution < -0.4 is 10.9 Å². The zero-order valence-electron chi connectivity index (χ0n) is 22.0. The molecule has 6 rings (SSSR count). The number of Topliss-reactive ketones (excluding diaryl/α,β-unsaturated/α-hetero) is 1. The molecule has 5 aliphatic rings. The molecule has 0 bridgehead atoms. The lowest BCUT2D eigenvalue weighted by Gasteiger charge is -2.62. The standard InChI is InChI=1S/C29H40N2O6/c1-27-9-7-20(37-26(34)31-13-11-30-12-14-31)15-19(27)4-5-22-23(27)16-24(32)28(2)21(8-10-29(22,28)35)18-3-6-25(33)36-17-18/h3,6,17,19-23,30,35H,4-5,7-16H2,1-2H3/t19-,20+,21-,22-,23+,27+,28+,29+/m1/s1. The van der Waals surface area contributed by atoms with E-state index in [1.807, 2.05) is 6.92 Å². The van der Waals surface area contributed by atoms with E-state index >= 15 is 0 Å². The normalized spacial score (nSPS) is 43.5. The molecule has 202 valence electrons. The number of hydrogen-bond acceptors (Lipinski definition) is 7. The van der Waals surface area contributed by atoms with E-state index in [0.29, 0.717) is 38.3 Å². The fourth-order valence-corrected chi connectivity index (χ4v) is 9.18. The third kappa shape index (κ3) is 3.73. The Morgan fingerprint density at radius 3 is 2.59 bits per heavy atom. The number of nitrogens with zero attached hydrogens (tertiary/aromatic N) is 1. The Morgan fingerprint density at radius 1 is 1.08 bits per heavy atom. The number of rotatable bonds is 2. The molecule has 1 aliphatic heterocycles. The summed E-state index contributed by atoms with van der Waals surface area (Å²) in [6.07, 6.45) is 7.41. The quantitative estimate of drug-likeness (QED) is 0.625. The van der Waals surface area contributed by atoms with Crippen LogP contribution in [0.5, 0.6) is 0 Å². The minimum atomic E-state index is -1.06. The predicted molar refractivity (Wildman–Crippen MR) is 136 cm³/mol. The summed E-state index contributed by atoms with van der Waals surface area (Å²) in [5, 5.41) is 15.6.